The first-order chi connectivity index (χ1) is 8.66. The van der Waals surface area contributed by atoms with Gasteiger partial charge in [-0.2, -0.15) is 0 Å². The molecule has 3 rings (SSSR count). The van der Waals surface area contributed by atoms with Gasteiger partial charge in [0.25, 0.3) is 5.56 Å². The van der Waals surface area contributed by atoms with Gasteiger partial charge in [0, 0.05) is 24.8 Å². The summed E-state index contributed by atoms with van der Waals surface area (Å²) in [6.45, 7) is 2.12. The largest absolute Gasteiger partial charge is 0.478 e. The molecule has 0 aliphatic carbocycles. The Morgan fingerprint density at radius 1 is 1.22 bits per heavy atom. The van der Waals surface area contributed by atoms with E-state index in [4.69, 9.17) is 5.11 Å². The molecule has 3 heterocycles. The van der Waals surface area contributed by atoms with E-state index in [-0.39, 0.29) is 17.2 Å². The number of hydrogen-bond acceptors (Lipinski definition) is 3. The predicted molar refractivity (Wildman–Crippen MR) is 65.9 cm³/mol. The van der Waals surface area contributed by atoms with Gasteiger partial charge in [-0.15, -0.1) is 0 Å². The minimum Gasteiger partial charge on any atom is -0.478 e. The van der Waals surface area contributed by atoms with Gasteiger partial charge >= 0.3 is 5.97 Å². The van der Waals surface area contributed by atoms with Crippen molar-refractivity contribution in [2.24, 2.45) is 0 Å². The Labute approximate surface area is 105 Å². The van der Waals surface area contributed by atoms with Gasteiger partial charge in [0.2, 0.25) is 0 Å². The summed E-state index contributed by atoms with van der Waals surface area (Å²) < 4.78 is 1.62. The van der Waals surface area contributed by atoms with E-state index >= 15 is 0 Å². The molecule has 18 heavy (non-hydrogen) atoms. The van der Waals surface area contributed by atoms with Crippen LogP contribution in [0.4, 0.5) is 0 Å². The first-order valence-electron chi connectivity index (χ1n) is 6.36. The first-order valence-corrected chi connectivity index (χ1v) is 6.36. The number of aromatic nitrogens is 1. The third kappa shape index (κ3) is 1.75. The van der Waals surface area contributed by atoms with Crippen molar-refractivity contribution in [2.75, 3.05) is 13.1 Å². The van der Waals surface area contributed by atoms with Gasteiger partial charge in [0.15, 0.2) is 0 Å². The van der Waals surface area contributed by atoms with Crippen molar-refractivity contribution in [2.45, 2.75) is 31.3 Å². The highest BCUT2D eigenvalue weighted by atomic mass is 16.4. The second kappa shape index (κ2) is 4.24. The van der Waals surface area contributed by atoms with Gasteiger partial charge in [-0.05, 0) is 31.9 Å². The van der Waals surface area contributed by atoms with E-state index in [1.54, 1.807) is 4.57 Å². The summed E-state index contributed by atoms with van der Waals surface area (Å²) in [5.74, 6) is -0.981. The number of hydrogen-bond donors (Lipinski definition) is 1. The van der Waals surface area contributed by atoms with Crippen molar-refractivity contribution in [3.63, 3.8) is 0 Å². The second-order valence-electron chi connectivity index (χ2n) is 5.07. The maximum atomic E-state index is 11.9. The maximum absolute atomic E-state index is 11.9. The molecule has 0 aromatic carbocycles. The SMILES string of the molecule is O=C(O)c1ccc(=O)n(C2CCN3CCCC23)c1. The van der Waals surface area contributed by atoms with E-state index in [2.05, 4.69) is 4.90 Å². The molecule has 2 unspecified atom stereocenters. The monoisotopic (exact) mass is 248 g/mol. The van der Waals surface area contributed by atoms with Gasteiger partial charge < -0.3 is 9.67 Å². The molecule has 0 radical (unpaired) electrons. The van der Waals surface area contributed by atoms with Crippen LogP contribution in [0.2, 0.25) is 0 Å². The highest BCUT2D eigenvalue weighted by molar-refractivity contribution is 5.87. The smallest absolute Gasteiger partial charge is 0.337 e. The van der Waals surface area contributed by atoms with Crippen molar-refractivity contribution < 1.29 is 9.90 Å². The van der Waals surface area contributed by atoms with Crippen molar-refractivity contribution >= 4 is 5.97 Å². The zero-order valence-corrected chi connectivity index (χ0v) is 10.1. The summed E-state index contributed by atoms with van der Waals surface area (Å²) in [5, 5.41) is 9.00. The van der Waals surface area contributed by atoms with Crippen LogP contribution in [0.15, 0.2) is 23.1 Å². The molecule has 0 bridgehead atoms. The standard InChI is InChI=1S/C13H16N2O3/c16-12-4-3-9(13(17)18)8-15(12)11-5-7-14-6-1-2-10(11)14/h3-4,8,10-11H,1-2,5-7H2,(H,17,18). The van der Waals surface area contributed by atoms with Gasteiger partial charge in [0.05, 0.1) is 11.6 Å². The normalized spacial score (nSPS) is 27.3. The zero-order chi connectivity index (χ0) is 12.7. The van der Waals surface area contributed by atoms with Crippen molar-refractivity contribution in [3.05, 3.63) is 34.2 Å². The lowest BCUT2D eigenvalue weighted by atomic mass is 10.1. The molecule has 2 fully saturated rings. The molecule has 2 saturated heterocycles. The van der Waals surface area contributed by atoms with E-state index in [0.29, 0.717) is 6.04 Å². The number of pyridine rings is 1. The van der Waals surface area contributed by atoms with E-state index in [9.17, 15) is 9.59 Å². The number of nitrogens with zero attached hydrogens (tertiary/aromatic N) is 2. The molecule has 5 nitrogen and oxygen atoms in total. The van der Waals surface area contributed by atoms with Crippen molar-refractivity contribution in [1.82, 2.24) is 9.47 Å². The van der Waals surface area contributed by atoms with Crippen LogP contribution in [0.3, 0.4) is 0 Å². The molecule has 2 aliphatic heterocycles. The fourth-order valence-electron chi connectivity index (χ4n) is 3.27. The average Bonchev–Trinajstić information content (AvgIpc) is 2.91. The summed E-state index contributed by atoms with van der Waals surface area (Å²) in [6, 6.07) is 3.29. The molecular weight excluding hydrogens is 232 g/mol. The summed E-state index contributed by atoms with van der Waals surface area (Å²) in [7, 11) is 0. The summed E-state index contributed by atoms with van der Waals surface area (Å²) in [5.41, 5.74) is 0.0878. The molecule has 2 atom stereocenters. The maximum Gasteiger partial charge on any atom is 0.337 e. The second-order valence-corrected chi connectivity index (χ2v) is 5.07. The van der Waals surface area contributed by atoms with Gasteiger partial charge in [-0.1, -0.05) is 0 Å². The molecule has 1 N–H and O–H groups in total. The van der Waals surface area contributed by atoms with Crippen LogP contribution in [0.5, 0.6) is 0 Å². The Bertz CT molecular complexity index is 537. The summed E-state index contributed by atoms with van der Waals surface area (Å²) in [6.07, 6.45) is 4.72. The Balaban J connectivity index is 1.98. The number of carboxylic acids is 1. The number of aromatic carboxylic acids is 1. The highest BCUT2D eigenvalue weighted by Gasteiger charge is 2.38. The van der Waals surface area contributed by atoms with Crippen LogP contribution in [0.1, 0.15) is 35.7 Å². The van der Waals surface area contributed by atoms with Crippen LogP contribution in [-0.2, 0) is 0 Å². The van der Waals surface area contributed by atoms with E-state index in [1.165, 1.54) is 24.8 Å². The quantitative estimate of drug-likeness (QED) is 0.846. The lowest BCUT2D eigenvalue weighted by Gasteiger charge is -2.22. The minimum atomic E-state index is -0.981. The molecule has 1 aromatic heterocycles. The van der Waals surface area contributed by atoms with E-state index < -0.39 is 5.97 Å². The fraction of sp³-hybridized carbons (Fsp3) is 0.538. The van der Waals surface area contributed by atoms with Crippen molar-refractivity contribution in [3.8, 4) is 0 Å². The third-order valence-electron chi connectivity index (χ3n) is 4.11. The van der Waals surface area contributed by atoms with Crippen molar-refractivity contribution in [1.29, 1.82) is 0 Å². The number of rotatable bonds is 2. The summed E-state index contributed by atoms with van der Waals surface area (Å²) >= 11 is 0. The highest BCUT2D eigenvalue weighted by Crippen LogP contribution is 2.35. The molecule has 96 valence electrons. The molecular formula is C13H16N2O3. The minimum absolute atomic E-state index is 0.0984. The van der Waals surface area contributed by atoms with Crippen LogP contribution < -0.4 is 5.56 Å². The lowest BCUT2D eigenvalue weighted by Crippen LogP contribution is -2.32. The van der Waals surface area contributed by atoms with Crippen LogP contribution in [-0.4, -0.2) is 39.7 Å². The predicted octanol–water partition coefficient (Wildman–Crippen LogP) is 0.956. The molecule has 2 aliphatic rings. The molecule has 0 amide bonds. The molecule has 5 heteroatoms. The Morgan fingerprint density at radius 3 is 2.83 bits per heavy atom. The van der Waals surface area contributed by atoms with E-state index in [1.807, 2.05) is 0 Å². The topological polar surface area (TPSA) is 62.5 Å². The van der Waals surface area contributed by atoms with Gasteiger partial charge in [-0.3, -0.25) is 9.69 Å². The Kier molecular flexibility index (Phi) is 2.70. The number of fused-ring (bicyclic) bond motifs is 1. The lowest BCUT2D eigenvalue weighted by molar-refractivity contribution is 0.0695. The summed E-state index contributed by atoms with van der Waals surface area (Å²) in [4.78, 5) is 25.3. The van der Waals surface area contributed by atoms with Gasteiger partial charge in [0.1, 0.15) is 0 Å². The van der Waals surface area contributed by atoms with E-state index in [0.717, 1.165) is 25.9 Å². The fourth-order valence-corrected chi connectivity index (χ4v) is 3.27. The van der Waals surface area contributed by atoms with Crippen LogP contribution >= 0.6 is 0 Å². The first kappa shape index (κ1) is 11.5. The Hall–Kier alpha value is -1.62. The van der Waals surface area contributed by atoms with Gasteiger partial charge in [-0.25, -0.2) is 4.79 Å². The Morgan fingerprint density at radius 2 is 2.06 bits per heavy atom. The van der Waals surface area contributed by atoms with Crippen LogP contribution in [0.25, 0.3) is 0 Å². The molecule has 1 aromatic rings. The zero-order valence-electron chi connectivity index (χ0n) is 10.1. The average molecular weight is 248 g/mol. The number of carboxylic acid groups (broad SMARTS) is 1. The molecule has 0 spiro atoms. The third-order valence-corrected chi connectivity index (χ3v) is 4.11. The number of carbonyl (C=O) groups is 1. The molecule has 0 saturated carbocycles. The van der Waals surface area contributed by atoms with Crippen LogP contribution in [0, 0.1) is 0 Å².